The highest BCUT2D eigenvalue weighted by molar-refractivity contribution is 6.00. The van der Waals surface area contributed by atoms with Crippen LogP contribution in [-0.2, 0) is 16.1 Å². The molecule has 1 aliphatic heterocycles. The third-order valence-corrected chi connectivity index (χ3v) is 5.53. The van der Waals surface area contributed by atoms with E-state index in [9.17, 15) is 18.8 Å². The maximum Gasteiger partial charge on any atom is 0.339 e. The van der Waals surface area contributed by atoms with Gasteiger partial charge in [-0.25, -0.2) is 9.18 Å². The van der Waals surface area contributed by atoms with E-state index >= 15 is 0 Å². The number of H-pyrrole nitrogens is 1. The molecule has 160 valence electrons. The van der Waals surface area contributed by atoms with Crippen LogP contribution in [0.2, 0.25) is 0 Å². The summed E-state index contributed by atoms with van der Waals surface area (Å²) >= 11 is 0. The van der Waals surface area contributed by atoms with Crippen molar-refractivity contribution in [3.8, 4) is 0 Å². The minimum Gasteiger partial charge on any atom is -0.465 e. The van der Waals surface area contributed by atoms with Gasteiger partial charge < -0.3 is 19.9 Å². The Bertz CT molecular complexity index is 969. The highest BCUT2D eigenvalue weighted by atomic mass is 19.1. The molecule has 1 aliphatic rings. The predicted octanol–water partition coefficient (Wildman–Crippen LogP) is 2.73. The summed E-state index contributed by atoms with van der Waals surface area (Å²) in [6.45, 7) is 4.32. The van der Waals surface area contributed by atoms with E-state index in [0.717, 1.165) is 0 Å². The van der Waals surface area contributed by atoms with Crippen LogP contribution in [0.1, 0.15) is 50.5 Å². The zero-order valence-electron chi connectivity index (χ0n) is 17.4. The van der Waals surface area contributed by atoms with Gasteiger partial charge in [-0.15, -0.1) is 0 Å². The average Bonchev–Trinajstić information content (AvgIpc) is 3.05. The monoisotopic (exact) mass is 415 g/mol. The summed E-state index contributed by atoms with van der Waals surface area (Å²) in [7, 11) is 1.30. The van der Waals surface area contributed by atoms with Gasteiger partial charge >= 0.3 is 5.97 Å². The van der Waals surface area contributed by atoms with E-state index in [2.05, 4.69) is 10.3 Å². The van der Waals surface area contributed by atoms with E-state index in [0.29, 0.717) is 47.5 Å². The van der Waals surface area contributed by atoms with E-state index in [-0.39, 0.29) is 36.6 Å². The normalized spacial score (nSPS) is 16.3. The molecule has 30 heavy (non-hydrogen) atoms. The number of likely N-dealkylation sites (tertiary alicyclic amines) is 1. The molecule has 1 aromatic carbocycles. The molecule has 2 aromatic rings. The number of carbonyl (C=O) groups excluding carboxylic acids is 3. The molecule has 0 spiro atoms. The fourth-order valence-electron chi connectivity index (χ4n) is 3.87. The Morgan fingerprint density at radius 1 is 1.27 bits per heavy atom. The van der Waals surface area contributed by atoms with Gasteiger partial charge in [0.15, 0.2) is 0 Å². The Kier molecular flexibility index (Phi) is 6.54. The van der Waals surface area contributed by atoms with E-state index in [1.807, 2.05) is 0 Å². The van der Waals surface area contributed by atoms with Gasteiger partial charge in [0.25, 0.3) is 5.91 Å². The summed E-state index contributed by atoms with van der Waals surface area (Å²) in [5.74, 6) is -1.68. The van der Waals surface area contributed by atoms with Crippen molar-refractivity contribution in [3.05, 3.63) is 58.2 Å². The van der Waals surface area contributed by atoms with Crippen LogP contribution in [0.25, 0.3) is 0 Å². The van der Waals surface area contributed by atoms with Gasteiger partial charge in [-0.1, -0.05) is 18.2 Å². The third-order valence-electron chi connectivity index (χ3n) is 5.53. The topological polar surface area (TPSA) is 91.5 Å². The van der Waals surface area contributed by atoms with E-state index in [4.69, 9.17) is 4.74 Å². The van der Waals surface area contributed by atoms with Gasteiger partial charge in [0.05, 0.1) is 18.6 Å². The number of aromatic nitrogens is 1. The highest BCUT2D eigenvalue weighted by Crippen LogP contribution is 2.23. The van der Waals surface area contributed by atoms with Gasteiger partial charge in [-0.2, -0.15) is 0 Å². The number of methoxy groups -OCH3 is 1. The summed E-state index contributed by atoms with van der Waals surface area (Å²) in [6.07, 6.45) is 1.34. The van der Waals surface area contributed by atoms with Gasteiger partial charge in [-0.05, 0) is 38.3 Å². The number of halogens is 1. The van der Waals surface area contributed by atoms with Gasteiger partial charge in [0, 0.05) is 30.9 Å². The minimum absolute atomic E-state index is 0.105. The molecule has 8 heteroatoms. The number of benzene rings is 1. The number of aromatic amines is 1. The van der Waals surface area contributed by atoms with Crippen LogP contribution in [0.5, 0.6) is 0 Å². The Balaban J connectivity index is 1.67. The molecule has 7 nitrogen and oxygen atoms in total. The quantitative estimate of drug-likeness (QED) is 0.735. The number of hydrogen-bond acceptors (Lipinski definition) is 4. The molecule has 0 radical (unpaired) electrons. The standard InChI is InChI=1S/C22H26FN3O4/c1-13-18(22(29)30-3)14(2)25-19(13)21(28)26-10-6-8-16(12-26)20(27)24-11-15-7-4-5-9-17(15)23/h4-5,7,9,16,25H,6,8,10-12H2,1-3H3,(H,24,27)/t16-/m0/s1. The van der Waals surface area contributed by atoms with Gasteiger partial charge in [0.2, 0.25) is 5.91 Å². The van der Waals surface area contributed by atoms with E-state index < -0.39 is 5.97 Å². The molecule has 0 bridgehead atoms. The van der Waals surface area contributed by atoms with Gasteiger partial charge in [-0.3, -0.25) is 9.59 Å². The maximum atomic E-state index is 13.8. The van der Waals surface area contributed by atoms with Crippen LogP contribution in [0, 0.1) is 25.6 Å². The smallest absolute Gasteiger partial charge is 0.339 e. The highest BCUT2D eigenvalue weighted by Gasteiger charge is 2.31. The molecule has 1 saturated heterocycles. The van der Waals surface area contributed by atoms with Crippen LogP contribution in [0.15, 0.2) is 24.3 Å². The van der Waals surface area contributed by atoms with Crippen molar-refractivity contribution in [1.82, 2.24) is 15.2 Å². The molecule has 2 heterocycles. The van der Waals surface area contributed by atoms with E-state index in [1.165, 1.54) is 13.2 Å². The lowest BCUT2D eigenvalue weighted by molar-refractivity contribution is -0.126. The average molecular weight is 415 g/mol. The van der Waals surface area contributed by atoms with Crippen LogP contribution >= 0.6 is 0 Å². The number of esters is 1. The lowest BCUT2D eigenvalue weighted by Crippen LogP contribution is -2.45. The van der Waals surface area contributed by atoms with Crippen LogP contribution in [0.3, 0.4) is 0 Å². The van der Waals surface area contributed by atoms with Crippen LogP contribution in [-0.4, -0.2) is 47.9 Å². The summed E-state index contributed by atoms with van der Waals surface area (Å²) in [5, 5.41) is 2.77. The molecular weight excluding hydrogens is 389 g/mol. The number of aryl methyl sites for hydroxylation is 1. The van der Waals surface area contributed by atoms with Crippen molar-refractivity contribution in [3.63, 3.8) is 0 Å². The summed E-state index contributed by atoms with van der Waals surface area (Å²) in [6, 6.07) is 6.29. The third kappa shape index (κ3) is 4.37. The second-order valence-electron chi connectivity index (χ2n) is 7.52. The number of hydrogen-bond donors (Lipinski definition) is 2. The second kappa shape index (κ2) is 9.11. The Labute approximate surface area is 174 Å². The number of rotatable bonds is 5. The molecule has 2 amide bonds. The number of piperidine rings is 1. The molecule has 0 aliphatic carbocycles. The molecular formula is C22H26FN3O4. The fraction of sp³-hybridized carbons (Fsp3) is 0.409. The number of ether oxygens (including phenoxy) is 1. The molecule has 1 fully saturated rings. The van der Waals surface area contributed by atoms with Crippen LogP contribution < -0.4 is 5.32 Å². The van der Waals surface area contributed by atoms with Crippen molar-refractivity contribution in [2.24, 2.45) is 5.92 Å². The summed E-state index contributed by atoms with van der Waals surface area (Å²) in [5.41, 5.74) is 2.22. The first kappa shape index (κ1) is 21.5. The van der Waals surface area contributed by atoms with Crippen molar-refractivity contribution in [2.45, 2.75) is 33.2 Å². The summed E-state index contributed by atoms with van der Waals surface area (Å²) < 4.78 is 18.5. The Morgan fingerprint density at radius 3 is 2.70 bits per heavy atom. The van der Waals surface area contributed by atoms with Crippen molar-refractivity contribution in [2.75, 3.05) is 20.2 Å². The molecule has 0 unspecified atom stereocenters. The van der Waals surface area contributed by atoms with Crippen molar-refractivity contribution >= 4 is 17.8 Å². The molecule has 1 atom stereocenters. The zero-order valence-corrected chi connectivity index (χ0v) is 17.4. The Morgan fingerprint density at radius 2 is 2.00 bits per heavy atom. The first-order valence-corrected chi connectivity index (χ1v) is 9.91. The first-order valence-electron chi connectivity index (χ1n) is 9.91. The minimum atomic E-state index is -0.496. The van der Waals surface area contributed by atoms with E-state index in [1.54, 1.807) is 36.9 Å². The largest absolute Gasteiger partial charge is 0.465 e. The SMILES string of the molecule is COC(=O)c1c(C)[nH]c(C(=O)N2CCC[C@H](C(=O)NCc3ccccc3F)C2)c1C. The Hall–Kier alpha value is -3.16. The number of nitrogens with one attached hydrogen (secondary N) is 2. The van der Waals surface area contributed by atoms with Crippen molar-refractivity contribution < 1.29 is 23.5 Å². The molecule has 1 aromatic heterocycles. The number of carbonyl (C=O) groups is 3. The fourth-order valence-corrected chi connectivity index (χ4v) is 3.87. The van der Waals surface area contributed by atoms with Crippen LogP contribution in [0.4, 0.5) is 4.39 Å². The van der Waals surface area contributed by atoms with Gasteiger partial charge in [0.1, 0.15) is 11.5 Å². The zero-order chi connectivity index (χ0) is 21.8. The molecule has 2 N–H and O–H groups in total. The lowest BCUT2D eigenvalue weighted by atomic mass is 9.96. The van der Waals surface area contributed by atoms with Crippen molar-refractivity contribution in [1.29, 1.82) is 0 Å². The maximum absolute atomic E-state index is 13.8. The first-order chi connectivity index (χ1) is 14.3. The number of amides is 2. The number of nitrogens with zero attached hydrogens (tertiary/aromatic N) is 1. The summed E-state index contributed by atoms with van der Waals surface area (Å²) in [4.78, 5) is 42.2. The molecule has 3 rings (SSSR count). The lowest BCUT2D eigenvalue weighted by Gasteiger charge is -2.32. The predicted molar refractivity (Wildman–Crippen MR) is 108 cm³/mol. The second-order valence-corrected chi connectivity index (χ2v) is 7.52. The molecule has 0 saturated carbocycles.